The second-order valence-corrected chi connectivity index (χ2v) is 17.4. The highest BCUT2D eigenvalue weighted by Crippen LogP contribution is 2.44. The van der Waals surface area contributed by atoms with E-state index in [-0.39, 0.29) is 61.1 Å². The summed E-state index contributed by atoms with van der Waals surface area (Å²) in [6.45, 7) is 0.585. The number of fused-ring (bicyclic) bond motifs is 1. The van der Waals surface area contributed by atoms with Crippen molar-refractivity contribution in [3.8, 4) is 0 Å². The Morgan fingerprint density at radius 3 is 1.63 bits per heavy atom. The molecule has 1 saturated heterocycles. The predicted molar refractivity (Wildman–Crippen MR) is 244 cm³/mol. The number of azide groups is 1. The minimum atomic E-state index is -4.46. The zero-order chi connectivity index (χ0) is 45.0. The Balaban J connectivity index is 1.35. The normalized spacial score (nSPS) is 19.0. The number of carboxylic acids is 1. The molecule has 0 unspecified atom stereocenters. The zero-order valence-electron chi connectivity index (χ0n) is 35.4. The number of hydrogen-bond acceptors (Lipinski definition) is 9. The van der Waals surface area contributed by atoms with Gasteiger partial charge in [-0.1, -0.05) is 163 Å². The van der Waals surface area contributed by atoms with E-state index in [2.05, 4.69) is 10.0 Å². The Hall–Kier alpha value is -6.61. The van der Waals surface area contributed by atoms with Crippen LogP contribution in [0.1, 0.15) is 39.6 Å². The van der Waals surface area contributed by atoms with Crippen molar-refractivity contribution in [2.24, 2.45) is 5.11 Å². The Labute approximate surface area is 377 Å². The molecule has 13 nitrogen and oxygen atoms in total. The quantitative estimate of drug-likeness (QED) is 0.0445. The van der Waals surface area contributed by atoms with Crippen LogP contribution < -0.4 is 0 Å². The molecule has 0 spiro atoms. The van der Waals surface area contributed by atoms with Gasteiger partial charge in [-0.2, -0.15) is 0 Å². The van der Waals surface area contributed by atoms with Crippen LogP contribution in [0.2, 0.25) is 0 Å². The minimum absolute atomic E-state index is 0.0142. The second-order valence-electron chi connectivity index (χ2n) is 15.6. The summed E-state index contributed by atoms with van der Waals surface area (Å²) in [5, 5.41) is 14.5. The molecular formula is C51H48N4O9S. The van der Waals surface area contributed by atoms with Crippen molar-refractivity contribution < 1.29 is 42.0 Å². The maximum Gasteiger partial charge on any atom is 0.312 e. The van der Waals surface area contributed by atoms with Crippen LogP contribution in [0.4, 0.5) is 0 Å². The van der Waals surface area contributed by atoms with Crippen LogP contribution in [0.25, 0.3) is 21.3 Å². The van der Waals surface area contributed by atoms with E-state index in [9.17, 15) is 15.4 Å². The molecule has 0 saturated carbocycles. The topological polar surface area (TPSA) is 171 Å². The van der Waals surface area contributed by atoms with Gasteiger partial charge in [0.25, 0.3) is 10.0 Å². The number of carbonyl (C=O) groups is 1. The first-order valence-corrected chi connectivity index (χ1v) is 22.7. The van der Waals surface area contributed by atoms with Crippen LogP contribution in [0.15, 0.2) is 186 Å². The highest BCUT2D eigenvalue weighted by Gasteiger charge is 2.51. The minimum Gasteiger partial charge on any atom is -0.481 e. The first-order valence-electron chi connectivity index (χ1n) is 21.3. The molecule has 0 amide bonds. The summed E-state index contributed by atoms with van der Waals surface area (Å²) in [7, 11) is -4.46. The van der Waals surface area contributed by atoms with Gasteiger partial charge in [0.1, 0.15) is 36.6 Å². The van der Waals surface area contributed by atoms with Crippen molar-refractivity contribution in [2.75, 3.05) is 6.61 Å². The predicted octanol–water partition coefficient (Wildman–Crippen LogP) is 9.60. The molecule has 1 aliphatic heterocycles. The van der Waals surface area contributed by atoms with Crippen molar-refractivity contribution in [2.45, 2.75) is 74.3 Å². The van der Waals surface area contributed by atoms with Crippen molar-refractivity contribution in [3.63, 3.8) is 0 Å². The maximum atomic E-state index is 15.3. The third-order valence-corrected chi connectivity index (χ3v) is 13.0. The van der Waals surface area contributed by atoms with Gasteiger partial charge in [-0.25, -0.2) is 12.4 Å². The number of hydrogen-bond donors (Lipinski definition) is 1. The van der Waals surface area contributed by atoms with E-state index >= 15 is 8.42 Å². The van der Waals surface area contributed by atoms with Gasteiger partial charge in [0.2, 0.25) is 0 Å². The first-order chi connectivity index (χ1) is 31.8. The van der Waals surface area contributed by atoms with Gasteiger partial charge in [0, 0.05) is 10.3 Å². The zero-order valence-corrected chi connectivity index (χ0v) is 36.2. The fraction of sp³-hybridized carbons (Fsp3) is 0.235. The summed E-state index contributed by atoms with van der Waals surface area (Å²) in [4.78, 5) is 15.6. The summed E-state index contributed by atoms with van der Waals surface area (Å²) in [5.74, 6) is -1.39. The molecule has 65 heavy (non-hydrogen) atoms. The summed E-state index contributed by atoms with van der Waals surface area (Å²) in [5.41, 5.74) is 13.7. The number of nitrogens with zero attached hydrogens (tertiary/aromatic N) is 4. The lowest BCUT2D eigenvalue weighted by Gasteiger charge is -2.46. The fourth-order valence-corrected chi connectivity index (χ4v) is 9.80. The summed E-state index contributed by atoms with van der Waals surface area (Å²) in [6.07, 6.45) is -5.46. The molecular weight excluding hydrogens is 845 g/mol. The standard InChI is InChI=1S/C51H48N4O9S/c52-54-53-43(51(56)57)30-42-41-28-16-17-29-44(41)55(65(58,59)40-26-14-5-15-27-40)46(42)48-50(63-34-39-24-12-4-13-25-39)49(62-33-38-22-10-3-11-23-38)47(61-32-37-20-8-2-9-21-37)45(64-48)35-60-31-36-18-6-1-7-19-36/h1-29,43,45,47-50H,30-35H2,(H,56,57)/t43-,45-,47-,48+,49+,50-/m0/s1. The molecule has 8 rings (SSSR count). The maximum absolute atomic E-state index is 15.3. The Morgan fingerprint density at radius 1 is 0.646 bits per heavy atom. The number of rotatable bonds is 20. The van der Waals surface area contributed by atoms with E-state index in [1.807, 2.05) is 121 Å². The number of para-hydroxylation sites is 1. The van der Waals surface area contributed by atoms with E-state index in [0.29, 0.717) is 5.39 Å². The molecule has 1 aromatic heterocycles. The number of carboxylic acid groups (broad SMARTS) is 1. The van der Waals surface area contributed by atoms with E-state index in [1.54, 1.807) is 42.5 Å². The lowest BCUT2D eigenvalue weighted by atomic mass is 9.89. The van der Waals surface area contributed by atoms with E-state index < -0.39 is 52.6 Å². The summed E-state index contributed by atoms with van der Waals surface area (Å²) >= 11 is 0. The fourth-order valence-electron chi connectivity index (χ4n) is 8.20. The molecule has 332 valence electrons. The molecule has 14 heteroatoms. The monoisotopic (exact) mass is 892 g/mol. The molecule has 6 atom stereocenters. The molecule has 0 bridgehead atoms. The van der Waals surface area contributed by atoms with Gasteiger partial charge >= 0.3 is 5.97 Å². The van der Waals surface area contributed by atoms with Gasteiger partial charge in [0.05, 0.1) is 49.1 Å². The van der Waals surface area contributed by atoms with Crippen LogP contribution in [0, 0.1) is 0 Å². The van der Waals surface area contributed by atoms with Crippen molar-refractivity contribution in [3.05, 3.63) is 220 Å². The Bertz CT molecular complexity index is 2790. The number of aliphatic carboxylic acids is 1. The van der Waals surface area contributed by atoms with Crippen LogP contribution in [0.5, 0.6) is 0 Å². The van der Waals surface area contributed by atoms with Crippen LogP contribution in [-0.2, 0) is 71.4 Å². The van der Waals surface area contributed by atoms with Crippen molar-refractivity contribution >= 4 is 26.9 Å². The second kappa shape index (κ2) is 21.4. The number of benzene rings is 6. The molecule has 7 aromatic rings. The largest absolute Gasteiger partial charge is 0.481 e. The average Bonchev–Trinajstić information content (AvgIpc) is 3.68. The van der Waals surface area contributed by atoms with E-state index in [4.69, 9.17) is 23.7 Å². The highest BCUT2D eigenvalue weighted by atomic mass is 32.2. The number of ether oxygens (including phenoxy) is 5. The average molecular weight is 893 g/mol. The molecule has 1 aliphatic rings. The van der Waals surface area contributed by atoms with Gasteiger partial charge in [-0.05, 0) is 58.0 Å². The lowest BCUT2D eigenvalue weighted by Crippen LogP contribution is -2.58. The van der Waals surface area contributed by atoms with Gasteiger partial charge < -0.3 is 28.8 Å². The molecule has 1 N–H and O–H groups in total. The van der Waals surface area contributed by atoms with Crippen LogP contribution in [-0.4, -0.2) is 60.5 Å². The smallest absolute Gasteiger partial charge is 0.312 e. The number of aromatic nitrogens is 1. The highest BCUT2D eigenvalue weighted by molar-refractivity contribution is 7.90. The molecule has 2 heterocycles. The van der Waals surface area contributed by atoms with Gasteiger partial charge in [-0.15, -0.1) is 0 Å². The molecule has 6 aromatic carbocycles. The lowest BCUT2D eigenvalue weighted by molar-refractivity contribution is -0.276. The summed E-state index contributed by atoms with van der Waals surface area (Å²) < 4.78 is 66.3. The van der Waals surface area contributed by atoms with E-state index in [0.717, 1.165) is 22.3 Å². The summed E-state index contributed by atoms with van der Waals surface area (Å²) in [6, 6.07) is 51.7. The Morgan fingerprint density at radius 2 is 1.11 bits per heavy atom. The SMILES string of the molecule is [N-]=[N+]=N[C@@H](Cc1c([C@H]2O[C@@H](COCc3ccccc3)[C@H](OCc3ccccc3)[C@@H](OCc3ccccc3)[C@H]2OCc2ccccc2)n(S(=O)(=O)c2ccccc2)c2ccccc12)C(=O)O. The molecule has 0 radical (unpaired) electrons. The van der Waals surface area contributed by atoms with Crippen LogP contribution in [0.3, 0.4) is 0 Å². The Kier molecular flexibility index (Phi) is 14.8. The molecule has 1 fully saturated rings. The van der Waals surface area contributed by atoms with Crippen LogP contribution >= 0.6 is 0 Å². The van der Waals surface area contributed by atoms with Crippen molar-refractivity contribution in [1.29, 1.82) is 0 Å². The van der Waals surface area contributed by atoms with Gasteiger partial charge in [-0.3, -0.25) is 4.79 Å². The third kappa shape index (κ3) is 10.7. The van der Waals surface area contributed by atoms with E-state index in [1.165, 1.54) is 16.1 Å². The third-order valence-electron chi connectivity index (χ3n) is 11.3. The van der Waals surface area contributed by atoms with Crippen molar-refractivity contribution in [1.82, 2.24) is 3.97 Å². The van der Waals surface area contributed by atoms with Gasteiger partial charge in [0.15, 0.2) is 0 Å². The first kappa shape index (κ1) is 45.0. The molecule has 0 aliphatic carbocycles.